The summed E-state index contributed by atoms with van der Waals surface area (Å²) in [6.45, 7) is 6.89. The van der Waals surface area contributed by atoms with Crippen molar-refractivity contribution in [2.24, 2.45) is 10.8 Å². The van der Waals surface area contributed by atoms with Gasteiger partial charge in [-0.1, -0.05) is 33.3 Å². The van der Waals surface area contributed by atoms with Crippen molar-refractivity contribution in [2.45, 2.75) is 46.6 Å². The second kappa shape index (κ2) is 9.20. The summed E-state index contributed by atoms with van der Waals surface area (Å²) in [5.41, 5.74) is 2.24. The monoisotopic (exact) mass is 468 g/mol. The number of hydrogen-bond acceptors (Lipinski definition) is 7. The first-order chi connectivity index (χ1) is 16.2. The number of benzene rings is 2. The lowest BCUT2D eigenvalue weighted by molar-refractivity contribution is -0.167. The minimum absolute atomic E-state index is 0.108. The zero-order valence-electron chi connectivity index (χ0n) is 20.5. The Bertz CT molecular complexity index is 1090. The highest BCUT2D eigenvalue weighted by Gasteiger charge is 2.47. The summed E-state index contributed by atoms with van der Waals surface area (Å²) in [6.07, 6.45) is 2.39. The van der Waals surface area contributed by atoms with Crippen LogP contribution in [0.5, 0.6) is 17.2 Å². The highest BCUT2D eigenvalue weighted by Crippen LogP contribution is 2.48. The Kier molecular flexibility index (Phi) is 6.47. The van der Waals surface area contributed by atoms with Gasteiger partial charge in [0.05, 0.1) is 26.4 Å². The standard InChI is InChI=1S/C27H32O7/c1-26(2,3)15-34-25(29)27(11-6-12-27)16-33-22-19(9-10-21(30-4)23(22)31-5)17-7-8-20-18(13-17)14-32-24(20)28/h7-10,13H,6,11-12,14-16H2,1-5H3. The van der Waals surface area contributed by atoms with Gasteiger partial charge < -0.3 is 23.7 Å². The van der Waals surface area contributed by atoms with Crippen LogP contribution in [-0.4, -0.2) is 39.4 Å². The molecule has 0 N–H and O–H groups in total. The SMILES string of the molecule is COc1ccc(-c2ccc3c(c2)COC3=O)c(OCC2(C(=O)OCC(C)(C)C)CCC2)c1OC. The number of esters is 2. The minimum atomic E-state index is -0.672. The molecule has 2 aromatic rings. The lowest BCUT2D eigenvalue weighted by Gasteiger charge is -2.39. The smallest absolute Gasteiger partial charge is 0.338 e. The molecule has 0 spiro atoms. The van der Waals surface area contributed by atoms with Crippen LogP contribution in [0.3, 0.4) is 0 Å². The van der Waals surface area contributed by atoms with E-state index in [1.54, 1.807) is 20.3 Å². The molecule has 0 saturated heterocycles. The van der Waals surface area contributed by atoms with Gasteiger partial charge in [-0.15, -0.1) is 0 Å². The van der Waals surface area contributed by atoms with Gasteiger partial charge in [0.15, 0.2) is 11.5 Å². The normalized spacial score (nSPS) is 16.2. The number of fused-ring (bicyclic) bond motifs is 1. The van der Waals surface area contributed by atoms with Crippen LogP contribution in [0, 0.1) is 10.8 Å². The molecule has 2 aliphatic rings. The number of ether oxygens (including phenoxy) is 5. The number of rotatable bonds is 8. The van der Waals surface area contributed by atoms with Gasteiger partial charge in [-0.25, -0.2) is 4.79 Å². The first-order valence-electron chi connectivity index (χ1n) is 11.5. The van der Waals surface area contributed by atoms with Crippen LogP contribution in [0.4, 0.5) is 0 Å². The van der Waals surface area contributed by atoms with Crippen molar-refractivity contribution in [3.8, 4) is 28.4 Å². The van der Waals surface area contributed by atoms with Crippen LogP contribution >= 0.6 is 0 Å². The zero-order valence-corrected chi connectivity index (χ0v) is 20.5. The van der Waals surface area contributed by atoms with E-state index < -0.39 is 5.41 Å². The number of carbonyl (C=O) groups is 2. The molecule has 1 aliphatic carbocycles. The maximum absolute atomic E-state index is 13.0. The average molecular weight is 469 g/mol. The molecule has 7 heteroatoms. The Morgan fingerprint density at radius 2 is 1.76 bits per heavy atom. The van der Waals surface area contributed by atoms with Crippen LogP contribution in [0.1, 0.15) is 56.0 Å². The van der Waals surface area contributed by atoms with Crippen molar-refractivity contribution in [3.63, 3.8) is 0 Å². The molecule has 1 heterocycles. The number of methoxy groups -OCH3 is 2. The lowest BCUT2D eigenvalue weighted by Crippen LogP contribution is -2.45. The molecule has 0 aromatic heterocycles. The molecular formula is C27H32O7. The van der Waals surface area contributed by atoms with E-state index in [0.29, 0.717) is 29.4 Å². The third-order valence-corrected chi connectivity index (χ3v) is 6.37. The maximum atomic E-state index is 13.0. The molecule has 1 saturated carbocycles. The maximum Gasteiger partial charge on any atom is 0.338 e. The van der Waals surface area contributed by atoms with Crippen LogP contribution in [0.15, 0.2) is 30.3 Å². The second-order valence-electron chi connectivity index (χ2n) is 10.2. The Morgan fingerprint density at radius 1 is 1.03 bits per heavy atom. The van der Waals surface area contributed by atoms with Crippen molar-refractivity contribution in [2.75, 3.05) is 27.4 Å². The fraction of sp³-hybridized carbons (Fsp3) is 0.481. The molecule has 34 heavy (non-hydrogen) atoms. The third kappa shape index (κ3) is 4.56. The van der Waals surface area contributed by atoms with Crippen molar-refractivity contribution in [3.05, 3.63) is 41.5 Å². The van der Waals surface area contributed by atoms with Crippen molar-refractivity contribution in [1.29, 1.82) is 0 Å². The molecule has 0 amide bonds. The van der Waals surface area contributed by atoms with Crippen molar-refractivity contribution in [1.82, 2.24) is 0 Å². The molecule has 1 aliphatic heterocycles. The van der Waals surface area contributed by atoms with Gasteiger partial charge in [0, 0.05) is 11.1 Å². The van der Waals surface area contributed by atoms with Gasteiger partial charge in [-0.05, 0) is 48.1 Å². The van der Waals surface area contributed by atoms with Gasteiger partial charge in [-0.3, -0.25) is 4.79 Å². The molecule has 182 valence electrons. The summed E-state index contributed by atoms with van der Waals surface area (Å²) in [4.78, 5) is 24.9. The molecule has 2 aromatic carbocycles. The fourth-order valence-electron chi connectivity index (χ4n) is 4.23. The van der Waals surface area contributed by atoms with Crippen LogP contribution in [-0.2, 0) is 20.9 Å². The van der Waals surface area contributed by atoms with Gasteiger partial charge >= 0.3 is 11.9 Å². The number of carbonyl (C=O) groups excluding carboxylic acids is 2. The van der Waals surface area contributed by atoms with E-state index in [9.17, 15) is 9.59 Å². The molecule has 0 atom stereocenters. The van der Waals surface area contributed by atoms with Gasteiger partial charge in [0.1, 0.15) is 18.6 Å². The van der Waals surface area contributed by atoms with Gasteiger partial charge in [0.2, 0.25) is 5.75 Å². The molecule has 0 radical (unpaired) electrons. The molecule has 1 fully saturated rings. The summed E-state index contributed by atoms with van der Waals surface area (Å²) in [5, 5.41) is 0. The van der Waals surface area contributed by atoms with Crippen LogP contribution in [0.2, 0.25) is 0 Å². The summed E-state index contributed by atoms with van der Waals surface area (Å²) in [6, 6.07) is 9.24. The summed E-state index contributed by atoms with van der Waals surface area (Å²) < 4.78 is 28.3. The van der Waals surface area contributed by atoms with Gasteiger partial charge in [-0.2, -0.15) is 0 Å². The van der Waals surface area contributed by atoms with E-state index in [1.807, 2.05) is 45.0 Å². The number of cyclic esters (lactones) is 1. The zero-order chi connectivity index (χ0) is 24.5. The molecule has 0 bridgehead atoms. The Morgan fingerprint density at radius 3 is 2.38 bits per heavy atom. The topological polar surface area (TPSA) is 80.3 Å². The van der Waals surface area contributed by atoms with E-state index >= 15 is 0 Å². The van der Waals surface area contributed by atoms with E-state index in [0.717, 1.165) is 36.0 Å². The predicted molar refractivity (Wildman–Crippen MR) is 126 cm³/mol. The fourth-order valence-corrected chi connectivity index (χ4v) is 4.23. The Labute approximate surface area is 200 Å². The summed E-state index contributed by atoms with van der Waals surface area (Å²) >= 11 is 0. The van der Waals surface area contributed by atoms with E-state index in [-0.39, 0.29) is 30.6 Å². The highest BCUT2D eigenvalue weighted by molar-refractivity contribution is 5.94. The first-order valence-corrected chi connectivity index (χ1v) is 11.5. The number of hydrogen-bond donors (Lipinski definition) is 0. The summed E-state index contributed by atoms with van der Waals surface area (Å²) in [5.74, 6) is 0.933. The third-order valence-electron chi connectivity index (χ3n) is 6.37. The molecule has 0 unspecified atom stereocenters. The van der Waals surface area contributed by atoms with Crippen LogP contribution in [0.25, 0.3) is 11.1 Å². The molecular weight excluding hydrogens is 436 g/mol. The summed E-state index contributed by atoms with van der Waals surface area (Å²) in [7, 11) is 3.12. The Balaban J connectivity index is 1.65. The first kappa shape index (κ1) is 23.9. The van der Waals surface area contributed by atoms with E-state index in [4.69, 9.17) is 23.7 Å². The quantitative estimate of drug-likeness (QED) is 0.494. The Hall–Kier alpha value is -3.22. The average Bonchev–Trinajstić information content (AvgIpc) is 3.15. The molecule has 4 rings (SSSR count). The van der Waals surface area contributed by atoms with Crippen LogP contribution < -0.4 is 14.2 Å². The lowest BCUT2D eigenvalue weighted by atomic mass is 9.69. The molecule has 7 nitrogen and oxygen atoms in total. The highest BCUT2D eigenvalue weighted by atomic mass is 16.6. The van der Waals surface area contributed by atoms with Crippen molar-refractivity contribution < 1.29 is 33.3 Å². The minimum Gasteiger partial charge on any atom is -0.493 e. The van der Waals surface area contributed by atoms with E-state index in [2.05, 4.69) is 0 Å². The van der Waals surface area contributed by atoms with E-state index in [1.165, 1.54) is 0 Å². The predicted octanol–water partition coefficient (Wildman–Crippen LogP) is 5.18. The largest absolute Gasteiger partial charge is 0.493 e. The second-order valence-corrected chi connectivity index (χ2v) is 10.2. The van der Waals surface area contributed by atoms with Gasteiger partial charge in [0.25, 0.3) is 0 Å². The van der Waals surface area contributed by atoms with Crippen molar-refractivity contribution >= 4 is 11.9 Å².